The SMILES string of the molecule is CCc1cc2cc3c(cc2nc1OC)C(=O)N1CCN(c2ccc(C(=O)OC)nc2)C[C@H]1CCO3. The first-order chi connectivity index (χ1) is 17.0. The van der Waals surface area contributed by atoms with Crippen LogP contribution in [0.3, 0.4) is 0 Å². The number of hydrogen-bond donors (Lipinski definition) is 0. The molecule has 0 bridgehead atoms. The second kappa shape index (κ2) is 9.40. The summed E-state index contributed by atoms with van der Waals surface area (Å²) in [5.41, 5.74) is 3.43. The summed E-state index contributed by atoms with van der Waals surface area (Å²) in [6.45, 7) is 4.46. The van der Waals surface area contributed by atoms with E-state index in [4.69, 9.17) is 14.2 Å². The van der Waals surface area contributed by atoms with Crippen LogP contribution in [-0.2, 0) is 11.2 Å². The third kappa shape index (κ3) is 4.22. The molecule has 1 amide bonds. The van der Waals surface area contributed by atoms with Crippen LogP contribution in [0.15, 0.2) is 36.5 Å². The van der Waals surface area contributed by atoms with Gasteiger partial charge >= 0.3 is 5.97 Å². The molecule has 0 radical (unpaired) electrons. The van der Waals surface area contributed by atoms with Gasteiger partial charge in [-0.05, 0) is 36.8 Å². The number of anilines is 1. The standard InChI is InChI=1S/C26H28N4O5/c1-4-16-11-17-12-23-20(13-22(17)28-24(16)33-2)25(31)30-9-8-29(15-19(30)7-10-35-23)18-5-6-21(27-14-18)26(32)34-3/h5-6,11-14,19H,4,7-10,15H2,1-3H3/t19-/m1/s1. The Morgan fingerprint density at radius 3 is 2.77 bits per heavy atom. The first kappa shape index (κ1) is 22.9. The van der Waals surface area contributed by atoms with Crippen molar-refractivity contribution in [2.45, 2.75) is 25.8 Å². The van der Waals surface area contributed by atoms with E-state index in [-0.39, 0.29) is 17.6 Å². The van der Waals surface area contributed by atoms with Crippen LogP contribution in [0.5, 0.6) is 11.6 Å². The highest BCUT2D eigenvalue weighted by atomic mass is 16.5. The fraction of sp³-hybridized carbons (Fsp3) is 0.385. The van der Waals surface area contributed by atoms with Crippen molar-refractivity contribution in [3.05, 3.63) is 53.3 Å². The number of methoxy groups -OCH3 is 2. The van der Waals surface area contributed by atoms with Gasteiger partial charge in [0.15, 0.2) is 0 Å². The monoisotopic (exact) mass is 476 g/mol. The van der Waals surface area contributed by atoms with E-state index in [2.05, 4.69) is 27.9 Å². The summed E-state index contributed by atoms with van der Waals surface area (Å²) in [4.78, 5) is 38.3. The number of hydrogen-bond acceptors (Lipinski definition) is 8. The zero-order chi connectivity index (χ0) is 24.5. The van der Waals surface area contributed by atoms with Gasteiger partial charge in [-0.15, -0.1) is 0 Å². The molecule has 0 saturated carbocycles. The zero-order valence-corrected chi connectivity index (χ0v) is 20.1. The van der Waals surface area contributed by atoms with Gasteiger partial charge in [0.25, 0.3) is 5.91 Å². The fourth-order valence-corrected chi connectivity index (χ4v) is 4.81. The molecule has 0 N–H and O–H groups in total. The molecule has 182 valence electrons. The van der Waals surface area contributed by atoms with E-state index in [1.165, 1.54) is 7.11 Å². The molecule has 0 aliphatic carbocycles. The molecule has 2 aliphatic heterocycles. The summed E-state index contributed by atoms with van der Waals surface area (Å²) in [6, 6.07) is 9.30. The zero-order valence-electron chi connectivity index (χ0n) is 20.1. The van der Waals surface area contributed by atoms with Gasteiger partial charge in [-0.2, -0.15) is 0 Å². The number of carbonyl (C=O) groups is 2. The van der Waals surface area contributed by atoms with Gasteiger partial charge in [0.05, 0.1) is 49.8 Å². The quantitative estimate of drug-likeness (QED) is 0.531. The molecular formula is C26H28N4O5. The fourth-order valence-electron chi connectivity index (χ4n) is 4.81. The summed E-state index contributed by atoms with van der Waals surface area (Å²) < 4.78 is 16.3. The number of aryl methyl sites for hydroxylation is 1. The smallest absolute Gasteiger partial charge is 0.356 e. The Labute approximate surface area is 203 Å². The van der Waals surface area contributed by atoms with E-state index in [9.17, 15) is 9.59 Å². The number of aromatic nitrogens is 2. The topological polar surface area (TPSA) is 94.1 Å². The van der Waals surface area contributed by atoms with Gasteiger partial charge in [0.1, 0.15) is 11.4 Å². The molecule has 4 heterocycles. The van der Waals surface area contributed by atoms with Crippen molar-refractivity contribution in [1.29, 1.82) is 0 Å². The van der Waals surface area contributed by atoms with E-state index < -0.39 is 5.97 Å². The molecule has 0 unspecified atom stereocenters. The Morgan fingerprint density at radius 1 is 1.20 bits per heavy atom. The van der Waals surface area contributed by atoms with Gasteiger partial charge in [-0.1, -0.05) is 6.92 Å². The summed E-state index contributed by atoms with van der Waals surface area (Å²) in [5.74, 6) is 0.663. The Morgan fingerprint density at radius 2 is 2.06 bits per heavy atom. The molecule has 0 spiro atoms. The minimum absolute atomic E-state index is 0.00894. The van der Waals surface area contributed by atoms with Crippen LogP contribution in [0.1, 0.15) is 39.8 Å². The number of nitrogens with zero attached hydrogens (tertiary/aromatic N) is 4. The lowest BCUT2D eigenvalue weighted by atomic mass is 10.0. The molecule has 1 atom stereocenters. The lowest BCUT2D eigenvalue weighted by Crippen LogP contribution is -2.56. The third-order valence-electron chi connectivity index (χ3n) is 6.72. The predicted octanol–water partition coefficient (Wildman–Crippen LogP) is 3.10. The lowest BCUT2D eigenvalue weighted by molar-refractivity contribution is 0.0586. The van der Waals surface area contributed by atoms with Crippen LogP contribution in [0.2, 0.25) is 0 Å². The Kier molecular flexibility index (Phi) is 6.15. The molecule has 9 heteroatoms. The number of fused-ring (bicyclic) bond motifs is 3. The van der Waals surface area contributed by atoms with E-state index in [1.807, 2.05) is 23.1 Å². The van der Waals surface area contributed by atoms with Crippen LogP contribution >= 0.6 is 0 Å². The van der Waals surface area contributed by atoms with Crippen molar-refractivity contribution in [3.63, 3.8) is 0 Å². The van der Waals surface area contributed by atoms with Crippen molar-refractivity contribution >= 4 is 28.5 Å². The Balaban J connectivity index is 1.41. The molecule has 3 aromatic rings. The summed E-state index contributed by atoms with van der Waals surface area (Å²) >= 11 is 0. The van der Waals surface area contributed by atoms with Gasteiger partial charge in [-0.25, -0.2) is 14.8 Å². The van der Waals surface area contributed by atoms with Gasteiger partial charge in [0.2, 0.25) is 5.88 Å². The number of pyridine rings is 2. The van der Waals surface area contributed by atoms with E-state index >= 15 is 0 Å². The third-order valence-corrected chi connectivity index (χ3v) is 6.72. The van der Waals surface area contributed by atoms with Gasteiger partial charge in [0, 0.05) is 37.0 Å². The number of carbonyl (C=O) groups excluding carboxylic acids is 2. The lowest BCUT2D eigenvalue weighted by Gasteiger charge is -2.43. The van der Waals surface area contributed by atoms with Crippen LogP contribution in [-0.4, -0.2) is 73.2 Å². The number of amides is 1. The Bertz CT molecular complexity index is 1280. The normalized spacial score (nSPS) is 17.7. The average Bonchev–Trinajstić information content (AvgIpc) is 2.90. The molecule has 2 aliphatic rings. The van der Waals surface area contributed by atoms with Gasteiger partial charge in [-0.3, -0.25) is 4.79 Å². The first-order valence-corrected chi connectivity index (χ1v) is 11.8. The number of ether oxygens (including phenoxy) is 3. The second-order valence-corrected chi connectivity index (χ2v) is 8.68. The molecule has 2 aromatic heterocycles. The highest BCUT2D eigenvalue weighted by molar-refractivity contribution is 6.01. The van der Waals surface area contributed by atoms with Crippen molar-refractivity contribution in [1.82, 2.24) is 14.9 Å². The van der Waals surface area contributed by atoms with E-state index in [1.54, 1.807) is 19.4 Å². The maximum Gasteiger partial charge on any atom is 0.356 e. The first-order valence-electron chi connectivity index (χ1n) is 11.8. The van der Waals surface area contributed by atoms with Crippen LogP contribution < -0.4 is 14.4 Å². The minimum Gasteiger partial charge on any atom is -0.493 e. The maximum atomic E-state index is 13.6. The van der Waals surface area contributed by atoms with E-state index in [0.29, 0.717) is 55.4 Å². The molecule has 9 nitrogen and oxygen atoms in total. The van der Waals surface area contributed by atoms with Crippen molar-refractivity contribution < 1.29 is 23.8 Å². The molecular weight excluding hydrogens is 448 g/mol. The molecule has 1 fully saturated rings. The second-order valence-electron chi connectivity index (χ2n) is 8.68. The average molecular weight is 477 g/mol. The van der Waals surface area contributed by atoms with Crippen LogP contribution in [0.25, 0.3) is 10.9 Å². The van der Waals surface area contributed by atoms with Crippen LogP contribution in [0, 0.1) is 0 Å². The largest absolute Gasteiger partial charge is 0.493 e. The maximum absolute atomic E-state index is 13.6. The molecule has 1 saturated heterocycles. The highest BCUT2D eigenvalue weighted by Gasteiger charge is 2.34. The summed E-state index contributed by atoms with van der Waals surface area (Å²) in [5, 5.41) is 0.930. The number of benzene rings is 1. The van der Waals surface area contributed by atoms with Crippen molar-refractivity contribution in [3.8, 4) is 11.6 Å². The molecule has 1 aromatic carbocycles. The molecule has 35 heavy (non-hydrogen) atoms. The summed E-state index contributed by atoms with van der Waals surface area (Å²) in [7, 11) is 2.94. The van der Waals surface area contributed by atoms with Crippen molar-refractivity contribution in [2.75, 3.05) is 45.4 Å². The minimum atomic E-state index is -0.464. The Hall–Kier alpha value is -3.88. The predicted molar refractivity (Wildman–Crippen MR) is 130 cm³/mol. The number of rotatable bonds is 4. The summed E-state index contributed by atoms with van der Waals surface area (Å²) in [6.07, 6.45) is 3.19. The van der Waals surface area contributed by atoms with Crippen molar-refractivity contribution in [2.24, 2.45) is 0 Å². The highest BCUT2D eigenvalue weighted by Crippen LogP contribution is 2.33. The van der Waals surface area contributed by atoms with Crippen LogP contribution in [0.4, 0.5) is 5.69 Å². The van der Waals surface area contributed by atoms with Gasteiger partial charge < -0.3 is 24.0 Å². The number of esters is 1. The molecule has 5 rings (SSSR count). The number of piperazine rings is 1. The van der Waals surface area contributed by atoms with E-state index in [0.717, 1.165) is 23.1 Å².